The number of carbonyl (C=O) groups excluding carboxylic acids is 1. The molecule has 0 spiro atoms. The second kappa shape index (κ2) is 6.75. The molecule has 21 heavy (non-hydrogen) atoms. The Morgan fingerprint density at radius 3 is 2.67 bits per heavy atom. The Labute approximate surface area is 126 Å². The zero-order chi connectivity index (χ0) is 15.2. The van der Waals surface area contributed by atoms with Gasteiger partial charge in [-0.15, -0.1) is 5.10 Å². The maximum absolute atomic E-state index is 12.0. The average molecular weight is 306 g/mol. The van der Waals surface area contributed by atoms with Crippen LogP contribution in [-0.4, -0.2) is 38.3 Å². The van der Waals surface area contributed by atoms with Crippen LogP contribution in [0.3, 0.4) is 0 Å². The molecule has 2 N–H and O–H groups in total. The molecule has 0 saturated carbocycles. The summed E-state index contributed by atoms with van der Waals surface area (Å²) < 4.78 is 5.03. The van der Waals surface area contributed by atoms with Gasteiger partial charge in [-0.25, -0.2) is 0 Å². The van der Waals surface area contributed by atoms with Gasteiger partial charge in [0.1, 0.15) is 5.75 Å². The fourth-order valence-electron chi connectivity index (χ4n) is 1.48. The first kappa shape index (κ1) is 14.9. The molecule has 2 rings (SSSR count). The van der Waals surface area contributed by atoms with Crippen LogP contribution in [0.5, 0.6) is 5.75 Å². The predicted octanol–water partition coefficient (Wildman–Crippen LogP) is 0.828. The van der Waals surface area contributed by atoms with Crippen LogP contribution in [0.1, 0.15) is 17.3 Å². The minimum atomic E-state index is -0.335. The number of aromatic nitrogens is 4. The van der Waals surface area contributed by atoms with Gasteiger partial charge < -0.3 is 4.74 Å². The first-order chi connectivity index (χ1) is 10.1. The maximum Gasteiger partial charge on any atom is 0.269 e. The first-order valence-electron chi connectivity index (χ1n) is 6.16. The largest absolute Gasteiger partial charge is 0.497 e. The molecule has 0 saturated heterocycles. The van der Waals surface area contributed by atoms with E-state index in [1.807, 2.05) is 6.92 Å². The number of hydrogen-bond acceptors (Lipinski definition) is 6. The molecule has 8 nitrogen and oxygen atoms in total. The summed E-state index contributed by atoms with van der Waals surface area (Å²) >= 11 is 5.02. The molecule has 9 heteroatoms. The molecule has 0 radical (unpaired) electrons. The van der Waals surface area contributed by atoms with Crippen molar-refractivity contribution in [2.24, 2.45) is 0 Å². The molecule has 0 aliphatic rings. The summed E-state index contributed by atoms with van der Waals surface area (Å²) in [5.74, 6) is 0.572. The van der Waals surface area contributed by atoms with Crippen molar-refractivity contribution in [3.63, 3.8) is 0 Å². The summed E-state index contributed by atoms with van der Waals surface area (Å²) in [5.41, 5.74) is 0.463. The minimum absolute atomic E-state index is 0.103. The molecule has 1 aromatic heterocycles. The highest BCUT2D eigenvalue weighted by Crippen LogP contribution is 2.11. The van der Waals surface area contributed by atoms with Crippen LogP contribution >= 0.6 is 12.2 Å². The molecule has 0 bridgehead atoms. The number of tetrazole rings is 1. The molecule has 110 valence electrons. The molecule has 0 aliphatic carbocycles. The van der Waals surface area contributed by atoms with Crippen LogP contribution in [0.2, 0.25) is 0 Å². The SMILES string of the molecule is CCn1nnc(NC(=S)NC(=O)c2ccc(OC)cc2)n1. The Morgan fingerprint density at radius 1 is 1.38 bits per heavy atom. The van der Waals surface area contributed by atoms with E-state index in [-0.39, 0.29) is 17.0 Å². The molecular weight excluding hydrogens is 292 g/mol. The fraction of sp³-hybridized carbons (Fsp3) is 0.250. The average Bonchev–Trinajstić information content (AvgIpc) is 2.94. The highest BCUT2D eigenvalue weighted by atomic mass is 32.1. The number of carbonyl (C=O) groups is 1. The smallest absolute Gasteiger partial charge is 0.269 e. The van der Waals surface area contributed by atoms with Crippen molar-refractivity contribution in [1.82, 2.24) is 25.5 Å². The maximum atomic E-state index is 12.0. The number of ether oxygens (including phenoxy) is 1. The van der Waals surface area contributed by atoms with Crippen molar-refractivity contribution in [3.05, 3.63) is 29.8 Å². The van der Waals surface area contributed by atoms with Crippen molar-refractivity contribution < 1.29 is 9.53 Å². The van der Waals surface area contributed by atoms with E-state index in [4.69, 9.17) is 17.0 Å². The quantitative estimate of drug-likeness (QED) is 0.808. The Kier molecular flexibility index (Phi) is 4.77. The summed E-state index contributed by atoms with van der Waals surface area (Å²) in [6, 6.07) is 6.67. The van der Waals surface area contributed by atoms with Crippen molar-refractivity contribution in [2.75, 3.05) is 12.4 Å². The van der Waals surface area contributed by atoms with Crippen molar-refractivity contribution in [3.8, 4) is 5.75 Å². The molecular formula is C12H14N6O2S. The lowest BCUT2D eigenvalue weighted by atomic mass is 10.2. The molecule has 0 aliphatic heterocycles. The van der Waals surface area contributed by atoms with Crippen LogP contribution in [0, 0.1) is 0 Å². The highest BCUT2D eigenvalue weighted by molar-refractivity contribution is 7.80. The zero-order valence-electron chi connectivity index (χ0n) is 11.5. The van der Waals surface area contributed by atoms with E-state index in [0.717, 1.165) is 0 Å². The van der Waals surface area contributed by atoms with E-state index in [0.29, 0.717) is 17.9 Å². The fourth-order valence-corrected chi connectivity index (χ4v) is 1.66. The molecule has 0 atom stereocenters. The number of hydrogen-bond donors (Lipinski definition) is 2. The van der Waals surface area contributed by atoms with Gasteiger partial charge in [0.2, 0.25) is 0 Å². The Hall–Kier alpha value is -2.55. The monoisotopic (exact) mass is 306 g/mol. The van der Waals surface area contributed by atoms with E-state index in [9.17, 15) is 4.79 Å². The van der Waals surface area contributed by atoms with Gasteiger partial charge in [-0.1, -0.05) is 5.10 Å². The van der Waals surface area contributed by atoms with Crippen LogP contribution in [0.25, 0.3) is 0 Å². The number of nitrogens with zero attached hydrogens (tertiary/aromatic N) is 4. The summed E-state index contributed by atoms with van der Waals surface area (Å²) in [4.78, 5) is 13.4. The van der Waals surface area contributed by atoms with Gasteiger partial charge in [-0.3, -0.25) is 15.4 Å². The number of aryl methyl sites for hydroxylation is 1. The Morgan fingerprint density at radius 2 is 2.10 bits per heavy atom. The molecule has 0 fully saturated rings. The molecule has 1 aromatic carbocycles. The standard InChI is InChI=1S/C12H14N6O2S/c1-3-18-16-11(15-17-18)14-12(21)13-10(19)8-4-6-9(20-2)7-5-8/h4-7H,3H2,1-2H3,(H2,13,14,16,19,21). The van der Waals surface area contributed by atoms with Gasteiger partial charge in [-0.05, 0) is 48.6 Å². The number of nitrogens with one attached hydrogen (secondary N) is 2. The second-order valence-electron chi connectivity index (χ2n) is 3.94. The first-order valence-corrected chi connectivity index (χ1v) is 6.57. The van der Waals surface area contributed by atoms with Crippen molar-refractivity contribution in [1.29, 1.82) is 0 Å². The number of methoxy groups -OCH3 is 1. The van der Waals surface area contributed by atoms with Crippen molar-refractivity contribution >= 4 is 29.2 Å². The summed E-state index contributed by atoms with van der Waals surface area (Å²) in [6.07, 6.45) is 0. The highest BCUT2D eigenvalue weighted by Gasteiger charge is 2.10. The van der Waals surface area contributed by atoms with Crippen LogP contribution < -0.4 is 15.4 Å². The molecule has 1 heterocycles. The van der Waals surface area contributed by atoms with E-state index in [1.165, 1.54) is 4.80 Å². The predicted molar refractivity (Wildman–Crippen MR) is 80.2 cm³/mol. The second-order valence-corrected chi connectivity index (χ2v) is 4.35. The van der Waals surface area contributed by atoms with Gasteiger partial charge in [0.05, 0.1) is 13.7 Å². The number of amides is 1. The molecule has 0 unspecified atom stereocenters. The number of thiocarbonyl (C=S) groups is 1. The van der Waals surface area contributed by atoms with E-state index < -0.39 is 0 Å². The van der Waals surface area contributed by atoms with Gasteiger partial charge >= 0.3 is 0 Å². The minimum Gasteiger partial charge on any atom is -0.497 e. The van der Waals surface area contributed by atoms with Crippen molar-refractivity contribution in [2.45, 2.75) is 13.5 Å². The zero-order valence-corrected chi connectivity index (χ0v) is 12.3. The summed E-state index contributed by atoms with van der Waals surface area (Å²) in [7, 11) is 1.56. The number of rotatable bonds is 4. The third-order valence-corrected chi connectivity index (χ3v) is 2.74. The third-order valence-electron chi connectivity index (χ3n) is 2.54. The van der Waals surface area contributed by atoms with Gasteiger partial charge in [0.15, 0.2) is 5.11 Å². The topological polar surface area (TPSA) is 94.0 Å². The third kappa shape index (κ3) is 3.96. The summed E-state index contributed by atoms with van der Waals surface area (Å²) in [6.45, 7) is 2.48. The van der Waals surface area contributed by atoms with Crippen LogP contribution in [0.4, 0.5) is 5.95 Å². The number of benzene rings is 1. The van der Waals surface area contributed by atoms with Gasteiger partial charge in [-0.2, -0.15) is 4.80 Å². The lowest BCUT2D eigenvalue weighted by Crippen LogP contribution is -2.34. The summed E-state index contributed by atoms with van der Waals surface area (Å²) in [5, 5.41) is 16.8. The Balaban J connectivity index is 1.93. The lowest BCUT2D eigenvalue weighted by molar-refractivity contribution is 0.0977. The van der Waals surface area contributed by atoms with Gasteiger partial charge in [0.25, 0.3) is 11.9 Å². The lowest BCUT2D eigenvalue weighted by Gasteiger charge is -2.07. The Bertz CT molecular complexity index is 639. The van der Waals surface area contributed by atoms with E-state index >= 15 is 0 Å². The number of anilines is 1. The normalized spacial score (nSPS) is 10.0. The van der Waals surface area contributed by atoms with Crippen LogP contribution in [-0.2, 0) is 6.54 Å². The molecule has 2 aromatic rings. The van der Waals surface area contributed by atoms with Crippen LogP contribution in [0.15, 0.2) is 24.3 Å². The van der Waals surface area contributed by atoms with E-state index in [2.05, 4.69) is 26.0 Å². The van der Waals surface area contributed by atoms with E-state index in [1.54, 1.807) is 31.4 Å². The molecule has 1 amide bonds. The van der Waals surface area contributed by atoms with Gasteiger partial charge in [0, 0.05) is 5.56 Å².